The van der Waals surface area contributed by atoms with E-state index in [9.17, 15) is 0 Å². The number of hydrogen-bond donors (Lipinski definition) is 2. The summed E-state index contributed by atoms with van der Waals surface area (Å²) in [5, 5.41) is 7.26. The molecule has 0 aromatic heterocycles. The monoisotopic (exact) mass is 154 g/mol. The molecule has 1 aliphatic heterocycles. The molecule has 0 amide bonds. The Morgan fingerprint density at radius 2 is 1.82 bits per heavy atom. The predicted octanol–water partition coefficient (Wildman–Crippen LogP) is 0.879. The van der Waals surface area contributed by atoms with E-state index in [1.54, 1.807) is 0 Å². The first-order valence-electron chi connectivity index (χ1n) is 4.86. The zero-order valence-corrected chi connectivity index (χ0v) is 7.27. The number of piperazine rings is 1. The summed E-state index contributed by atoms with van der Waals surface area (Å²) >= 11 is 0. The smallest absolute Gasteiger partial charge is 0.0224 e. The second kappa shape index (κ2) is 3.11. The molecule has 11 heavy (non-hydrogen) atoms. The highest BCUT2D eigenvalue weighted by Gasteiger charge is 2.29. The fourth-order valence-corrected chi connectivity index (χ4v) is 2.33. The van der Waals surface area contributed by atoms with Crippen molar-refractivity contribution in [3.63, 3.8) is 0 Å². The van der Waals surface area contributed by atoms with Gasteiger partial charge in [0.1, 0.15) is 0 Å². The fourth-order valence-electron chi connectivity index (χ4n) is 2.33. The van der Waals surface area contributed by atoms with Crippen LogP contribution in [0.2, 0.25) is 0 Å². The van der Waals surface area contributed by atoms with Crippen LogP contribution < -0.4 is 10.6 Å². The third kappa shape index (κ3) is 1.57. The highest BCUT2D eigenvalue weighted by molar-refractivity contribution is 4.92. The zero-order chi connectivity index (χ0) is 7.68. The van der Waals surface area contributed by atoms with Crippen molar-refractivity contribution in [2.45, 2.75) is 50.7 Å². The Morgan fingerprint density at radius 3 is 2.64 bits per heavy atom. The van der Waals surface area contributed by atoms with Gasteiger partial charge in [-0.15, -0.1) is 0 Å². The molecule has 0 aromatic carbocycles. The van der Waals surface area contributed by atoms with E-state index in [0.29, 0.717) is 6.04 Å². The Hall–Kier alpha value is -0.0800. The van der Waals surface area contributed by atoms with E-state index < -0.39 is 0 Å². The van der Waals surface area contributed by atoms with Crippen LogP contribution in [-0.2, 0) is 0 Å². The second-order valence-corrected chi connectivity index (χ2v) is 3.97. The molecule has 2 aliphatic rings. The van der Waals surface area contributed by atoms with Crippen LogP contribution in [0.3, 0.4) is 0 Å². The Balaban J connectivity index is 1.93. The van der Waals surface area contributed by atoms with Gasteiger partial charge in [0.25, 0.3) is 0 Å². The molecule has 1 heterocycles. The highest BCUT2D eigenvalue weighted by Crippen LogP contribution is 2.20. The average molecular weight is 154 g/mol. The summed E-state index contributed by atoms with van der Waals surface area (Å²) in [7, 11) is 0. The van der Waals surface area contributed by atoms with Gasteiger partial charge >= 0.3 is 0 Å². The Morgan fingerprint density at radius 1 is 1.09 bits per heavy atom. The zero-order valence-electron chi connectivity index (χ0n) is 7.27. The molecule has 2 heteroatoms. The molecule has 1 aliphatic carbocycles. The largest absolute Gasteiger partial charge is 0.311 e. The molecule has 1 saturated heterocycles. The molecule has 2 nitrogen and oxygen atoms in total. The van der Waals surface area contributed by atoms with Gasteiger partial charge < -0.3 is 10.6 Å². The molecule has 2 rings (SSSR count). The molecular weight excluding hydrogens is 136 g/mol. The summed E-state index contributed by atoms with van der Waals surface area (Å²) < 4.78 is 0. The van der Waals surface area contributed by atoms with Crippen molar-refractivity contribution in [3.8, 4) is 0 Å². The summed E-state index contributed by atoms with van der Waals surface area (Å²) in [6, 6.07) is 2.22. The molecule has 0 aromatic rings. The standard InChI is InChI=1S/C9H18N2/c1-7-6-10-8-4-2-3-5-9(8)11-7/h7-11H,2-6H2,1H3/t7-,8+,9-/m0/s1. The molecule has 2 N–H and O–H groups in total. The van der Waals surface area contributed by atoms with Crippen molar-refractivity contribution >= 4 is 0 Å². The number of hydrogen-bond acceptors (Lipinski definition) is 2. The van der Waals surface area contributed by atoms with Crippen molar-refractivity contribution in [1.82, 2.24) is 10.6 Å². The van der Waals surface area contributed by atoms with Gasteiger partial charge in [0.15, 0.2) is 0 Å². The maximum absolute atomic E-state index is 3.66. The maximum atomic E-state index is 3.66. The van der Waals surface area contributed by atoms with Crippen LogP contribution in [0.5, 0.6) is 0 Å². The topological polar surface area (TPSA) is 24.1 Å². The molecule has 0 unspecified atom stereocenters. The molecule has 1 saturated carbocycles. The summed E-state index contributed by atoms with van der Waals surface area (Å²) in [5.41, 5.74) is 0. The van der Waals surface area contributed by atoms with E-state index in [1.165, 1.54) is 25.7 Å². The van der Waals surface area contributed by atoms with E-state index in [4.69, 9.17) is 0 Å². The molecule has 2 fully saturated rings. The van der Waals surface area contributed by atoms with Crippen molar-refractivity contribution in [2.24, 2.45) is 0 Å². The molecule has 3 atom stereocenters. The van der Waals surface area contributed by atoms with Crippen molar-refractivity contribution in [1.29, 1.82) is 0 Å². The Bertz CT molecular complexity index is 136. The summed E-state index contributed by atoms with van der Waals surface area (Å²) in [5.74, 6) is 0. The first kappa shape index (κ1) is 7.56. The summed E-state index contributed by atoms with van der Waals surface area (Å²) in [4.78, 5) is 0. The molecular formula is C9H18N2. The Kier molecular flexibility index (Phi) is 2.14. The summed E-state index contributed by atoms with van der Waals surface area (Å²) in [6.45, 7) is 3.42. The van der Waals surface area contributed by atoms with Crippen LogP contribution in [0.15, 0.2) is 0 Å². The normalized spacial score (nSPS) is 45.0. The number of fused-ring (bicyclic) bond motifs is 1. The van der Waals surface area contributed by atoms with Gasteiger partial charge in [0.05, 0.1) is 0 Å². The van der Waals surface area contributed by atoms with Crippen LogP contribution in [-0.4, -0.2) is 24.7 Å². The van der Waals surface area contributed by atoms with Crippen LogP contribution in [0.1, 0.15) is 32.6 Å². The van der Waals surface area contributed by atoms with Gasteiger partial charge in [-0.25, -0.2) is 0 Å². The minimum Gasteiger partial charge on any atom is -0.311 e. The number of rotatable bonds is 0. The van der Waals surface area contributed by atoms with E-state index >= 15 is 0 Å². The second-order valence-electron chi connectivity index (χ2n) is 3.97. The SMILES string of the molecule is C[C@H]1CN[C@@H]2CCCC[C@@H]2N1. The lowest BCUT2D eigenvalue weighted by Crippen LogP contribution is -2.60. The third-order valence-corrected chi connectivity index (χ3v) is 2.95. The van der Waals surface area contributed by atoms with Gasteiger partial charge in [-0.1, -0.05) is 12.8 Å². The van der Waals surface area contributed by atoms with E-state index in [1.807, 2.05) is 0 Å². The van der Waals surface area contributed by atoms with Gasteiger partial charge in [-0.2, -0.15) is 0 Å². The molecule has 0 spiro atoms. The molecule has 0 radical (unpaired) electrons. The maximum Gasteiger partial charge on any atom is 0.0224 e. The van der Waals surface area contributed by atoms with Crippen LogP contribution >= 0.6 is 0 Å². The van der Waals surface area contributed by atoms with Crippen LogP contribution in [0.25, 0.3) is 0 Å². The lowest BCUT2D eigenvalue weighted by molar-refractivity contribution is 0.219. The third-order valence-electron chi connectivity index (χ3n) is 2.95. The Labute approximate surface area is 68.7 Å². The van der Waals surface area contributed by atoms with Gasteiger partial charge in [0, 0.05) is 24.7 Å². The first-order valence-corrected chi connectivity index (χ1v) is 4.86. The predicted molar refractivity (Wildman–Crippen MR) is 46.6 cm³/mol. The molecule has 64 valence electrons. The molecule has 0 bridgehead atoms. The lowest BCUT2D eigenvalue weighted by Gasteiger charge is -2.40. The van der Waals surface area contributed by atoms with E-state index in [-0.39, 0.29) is 0 Å². The number of nitrogens with one attached hydrogen (secondary N) is 2. The van der Waals surface area contributed by atoms with Crippen molar-refractivity contribution < 1.29 is 0 Å². The average Bonchev–Trinajstić information content (AvgIpc) is 2.04. The minimum absolute atomic E-state index is 0.675. The van der Waals surface area contributed by atoms with E-state index in [2.05, 4.69) is 17.6 Å². The highest BCUT2D eigenvalue weighted by atomic mass is 15.1. The van der Waals surface area contributed by atoms with Gasteiger partial charge in [-0.3, -0.25) is 0 Å². The first-order chi connectivity index (χ1) is 5.36. The van der Waals surface area contributed by atoms with Crippen LogP contribution in [0.4, 0.5) is 0 Å². The van der Waals surface area contributed by atoms with Crippen molar-refractivity contribution in [2.75, 3.05) is 6.54 Å². The fraction of sp³-hybridized carbons (Fsp3) is 1.00. The summed E-state index contributed by atoms with van der Waals surface area (Å²) in [6.07, 6.45) is 5.60. The van der Waals surface area contributed by atoms with Crippen molar-refractivity contribution in [3.05, 3.63) is 0 Å². The lowest BCUT2D eigenvalue weighted by atomic mass is 9.88. The van der Waals surface area contributed by atoms with Crippen LogP contribution in [0, 0.1) is 0 Å². The van der Waals surface area contributed by atoms with E-state index in [0.717, 1.165) is 18.6 Å². The quantitative estimate of drug-likeness (QED) is 0.541. The minimum atomic E-state index is 0.675. The van der Waals surface area contributed by atoms with Gasteiger partial charge in [0.2, 0.25) is 0 Å². The van der Waals surface area contributed by atoms with Gasteiger partial charge in [-0.05, 0) is 19.8 Å².